The second-order valence-electron chi connectivity index (χ2n) is 8.99. The molecule has 6 heteroatoms. The Morgan fingerprint density at radius 3 is 2.52 bits per heavy atom. The number of aromatic nitrogens is 2. The van der Waals surface area contributed by atoms with Crippen LogP contribution in [0.15, 0.2) is 54.6 Å². The van der Waals surface area contributed by atoms with E-state index >= 15 is 0 Å². The molecule has 1 fully saturated rings. The van der Waals surface area contributed by atoms with Gasteiger partial charge in [-0.1, -0.05) is 48.0 Å². The number of hydrogen-bond acceptors (Lipinski definition) is 5. The molecule has 1 unspecified atom stereocenters. The summed E-state index contributed by atoms with van der Waals surface area (Å²) in [6.45, 7) is 7.14. The fraction of sp³-hybridized carbons (Fsp3) is 0.444. The van der Waals surface area contributed by atoms with Gasteiger partial charge in [0.1, 0.15) is 11.4 Å². The van der Waals surface area contributed by atoms with E-state index in [0.717, 1.165) is 35.0 Å². The Balaban J connectivity index is 1.65. The minimum atomic E-state index is -0.526. The van der Waals surface area contributed by atoms with Gasteiger partial charge in [0.2, 0.25) is 5.88 Å². The van der Waals surface area contributed by atoms with E-state index in [0.29, 0.717) is 32.2 Å². The maximum atomic E-state index is 10.6. The van der Waals surface area contributed by atoms with Gasteiger partial charge in [0, 0.05) is 38.9 Å². The van der Waals surface area contributed by atoms with Gasteiger partial charge in [-0.25, -0.2) is 4.68 Å². The lowest BCUT2D eigenvalue weighted by Crippen LogP contribution is -2.36. The molecule has 4 rings (SSSR count). The molecule has 1 aliphatic rings. The van der Waals surface area contributed by atoms with E-state index in [1.165, 1.54) is 18.4 Å². The largest absolute Gasteiger partial charge is 0.439 e. The summed E-state index contributed by atoms with van der Waals surface area (Å²) < 4.78 is 13.7. The van der Waals surface area contributed by atoms with Crippen molar-refractivity contribution < 1.29 is 14.6 Å². The standard InChI is InChI=1S/C27H35N3O3/c1-4-32-19-23(31)17-30(16-21-12-13-21)18-25-26(22-8-6-5-7-9-22)28-29(3)27(25)33-24-14-10-20(2)11-15-24/h5-11,14-15,21,23,31H,4,12-13,16-19H2,1-3H3. The van der Waals surface area contributed by atoms with Gasteiger partial charge in [0.25, 0.3) is 0 Å². The molecule has 0 radical (unpaired) electrons. The third kappa shape index (κ3) is 6.44. The first-order valence-corrected chi connectivity index (χ1v) is 11.9. The van der Waals surface area contributed by atoms with Crippen molar-refractivity contribution in [2.45, 2.75) is 39.3 Å². The number of aliphatic hydroxyl groups excluding tert-OH is 1. The highest BCUT2D eigenvalue weighted by molar-refractivity contribution is 5.65. The maximum Gasteiger partial charge on any atom is 0.222 e. The van der Waals surface area contributed by atoms with Crippen LogP contribution in [0.5, 0.6) is 11.6 Å². The summed E-state index contributed by atoms with van der Waals surface area (Å²) in [7, 11) is 1.93. The molecule has 0 spiro atoms. The van der Waals surface area contributed by atoms with Crippen molar-refractivity contribution in [2.24, 2.45) is 13.0 Å². The van der Waals surface area contributed by atoms with Gasteiger partial charge in [-0.05, 0) is 44.7 Å². The molecular weight excluding hydrogens is 414 g/mol. The molecule has 1 N–H and O–H groups in total. The van der Waals surface area contributed by atoms with Gasteiger partial charge in [-0.15, -0.1) is 0 Å². The Morgan fingerprint density at radius 2 is 1.85 bits per heavy atom. The summed E-state index contributed by atoms with van der Waals surface area (Å²) in [6, 6.07) is 18.3. The second-order valence-corrected chi connectivity index (χ2v) is 8.99. The minimum Gasteiger partial charge on any atom is -0.439 e. The van der Waals surface area contributed by atoms with Crippen molar-refractivity contribution in [3.8, 4) is 22.9 Å². The molecule has 33 heavy (non-hydrogen) atoms. The molecule has 1 aliphatic carbocycles. The average molecular weight is 450 g/mol. The van der Waals surface area contributed by atoms with Gasteiger partial charge in [0.15, 0.2) is 0 Å². The predicted molar refractivity (Wildman–Crippen MR) is 130 cm³/mol. The SMILES string of the molecule is CCOCC(O)CN(Cc1c(-c2ccccc2)nn(C)c1Oc1ccc(C)cc1)CC1CC1. The van der Waals surface area contributed by atoms with E-state index in [1.807, 2.05) is 61.1 Å². The molecule has 1 aromatic heterocycles. The number of ether oxygens (including phenoxy) is 2. The summed E-state index contributed by atoms with van der Waals surface area (Å²) >= 11 is 0. The zero-order valence-corrected chi connectivity index (χ0v) is 19.9. The van der Waals surface area contributed by atoms with E-state index in [1.54, 1.807) is 0 Å². The summed E-state index contributed by atoms with van der Waals surface area (Å²) in [5, 5.41) is 15.4. The highest BCUT2D eigenvalue weighted by Gasteiger charge is 2.28. The van der Waals surface area contributed by atoms with Gasteiger partial charge in [0.05, 0.1) is 18.3 Å². The molecule has 0 saturated heterocycles. The van der Waals surface area contributed by atoms with Gasteiger partial charge in [-0.3, -0.25) is 4.90 Å². The molecule has 176 valence electrons. The van der Waals surface area contributed by atoms with Crippen LogP contribution in [0.1, 0.15) is 30.9 Å². The molecule has 0 bridgehead atoms. The Kier molecular flexibility index (Phi) is 7.81. The van der Waals surface area contributed by atoms with Crippen molar-refractivity contribution in [3.05, 3.63) is 65.7 Å². The van der Waals surface area contributed by atoms with E-state index in [2.05, 4.69) is 24.0 Å². The third-order valence-corrected chi connectivity index (χ3v) is 5.95. The Labute approximate surface area is 196 Å². The normalized spacial score (nSPS) is 14.6. The first-order valence-electron chi connectivity index (χ1n) is 11.9. The summed E-state index contributed by atoms with van der Waals surface area (Å²) in [5.41, 5.74) is 4.20. The number of benzene rings is 2. The molecule has 0 aliphatic heterocycles. The van der Waals surface area contributed by atoms with Gasteiger partial charge < -0.3 is 14.6 Å². The zero-order valence-electron chi connectivity index (χ0n) is 19.9. The highest BCUT2D eigenvalue weighted by Crippen LogP contribution is 2.36. The first kappa shape index (κ1) is 23.5. The maximum absolute atomic E-state index is 10.6. The van der Waals surface area contributed by atoms with E-state index < -0.39 is 6.10 Å². The smallest absolute Gasteiger partial charge is 0.222 e. The van der Waals surface area contributed by atoms with Crippen molar-refractivity contribution in [1.29, 1.82) is 0 Å². The van der Waals surface area contributed by atoms with Crippen LogP contribution in [0.3, 0.4) is 0 Å². The van der Waals surface area contributed by atoms with E-state index in [-0.39, 0.29) is 0 Å². The summed E-state index contributed by atoms with van der Waals surface area (Å²) in [4.78, 5) is 2.33. The van der Waals surface area contributed by atoms with Crippen LogP contribution in [-0.2, 0) is 18.3 Å². The number of hydrogen-bond donors (Lipinski definition) is 1. The Bertz CT molecular complexity index is 1010. The van der Waals surface area contributed by atoms with Crippen molar-refractivity contribution in [1.82, 2.24) is 14.7 Å². The predicted octanol–water partition coefficient (Wildman–Crippen LogP) is 4.80. The number of aliphatic hydroxyl groups is 1. The fourth-order valence-corrected chi connectivity index (χ4v) is 4.07. The Hall–Kier alpha value is -2.67. The first-order chi connectivity index (χ1) is 16.0. The second kappa shape index (κ2) is 11.0. The average Bonchev–Trinajstić information content (AvgIpc) is 3.58. The van der Waals surface area contributed by atoms with E-state index in [9.17, 15) is 5.11 Å². The number of rotatable bonds is 12. The molecular formula is C27H35N3O3. The van der Waals surface area contributed by atoms with Crippen LogP contribution >= 0.6 is 0 Å². The van der Waals surface area contributed by atoms with Crippen molar-refractivity contribution in [3.63, 3.8) is 0 Å². The lowest BCUT2D eigenvalue weighted by Gasteiger charge is -2.25. The lowest BCUT2D eigenvalue weighted by molar-refractivity contribution is 0.0186. The summed E-state index contributed by atoms with van der Waals surface area (Å²) in [5.74, 6) is 2.22. The topological polar surface area (TPSA) is 59.8 Å². The minimum absolute atomic E-state index is 0.350. The zero-order chi connectivity index (χ0) is 23.2. The van der Waals surface area contributed by atoms with Gasteiger partial charge >= 0.3 is 0 Å². The monoisotopic (exact) mass is 449 g/mol. The van der Waals surface area contributed by atoms with Crippen LogP contribution in [0.2, 0.25) is 0 Å². The van der Waals surface area contributed by atoms with Crippen LogP contribution in [0.25, 0.3) is 11.3 Å². The van der Waals surface area contributed by atoms with Crippen molar-refractivity contribution in [2.75, 3.05) is 26.3 Å². The number of nitrogens with zero attached hydrogens (tertiary/aromatic N) is 3. The Morgan fingerprint density at radius 1 is 1.12 bits per heavy atom. The van der Waals surface area contributed by atoms with Crippen molar-refractivity contribution >= 4 is 0 Å². The third-order valence-electron chi connectivity index (χ3n) is 5.95. The molecule has 1 atom stereocenters. The fourth-order valence-electron chi connectivity index (χ4n) is 4.07. The highest BCUT2D eigenvalue weighted by atomic mass is 16.5. The van der Waals surface area contributed by atoms with Crippen LogP contribution in [0.4, 0.5) is 0 Å². The molecule has 1 heterocycles. The number of aryl methyl sites for hydroxylation is 2. The lowest BCUT2D eigenvalue weighted by atomic mass is 10.1. The van der Waals surface area contributed by atoms with Crippen LogP contribution in [-0.4, -0.2) is 52.2 Å². The molecule has 0 amide bonds. The van der Waals surface area contributed by atoms with Gasteiger partial charge in [-0.2, -0.15) is 5.10 Å². The quantitative estimate of drug-likeness (QED) is 0.431. The molecule has 3 aromatic rings. The summed E-state index contributed by atoms with van der Waals surface area (Å²) in [6.07, 6.45) is 1.98. The van der Waals surface area contributed by atoms with Crippen LogP contribution < -0.4 is 4.74 Å². The van der Waals surface area contributed by atoms with Crippen LogP contribution in [0, 0.1) is 12.8 Å². The molecule has 2 aromatic carbocycles. The van der Waals surface area contributed by atoms with E-state index in [4.69, 9.17) is 14.6 Å². The molecule has 1 saturated carbocycles. The molecule has 6 nitrogen and oxygen atoms in total.